The molecule has 13 nitrogen and oxygen atoms in total. The summed E-state index contributed by atoms with van der Waals surface area (Å²) in [6, 6.07) is 8.60. The number of nitrogens with one attached hydrogen (secondary N) is 1. The lowest BCUT2D eigenvalue weighted by molar-refractivity contribution is -0.148. The zero-order chi connectivity index (χ0) is 31.5. The Hall–Kier alpha value is -4.88. The molecule has 3 aliphatic rings. The zero-order valence-corrected chi connectivity index (χ0v) is 23.9. The van der Waals surface area contributed by atoms with Gasteiger partial charge in [-0.25, -0.2) is 4.79 Å². The smallest absolute Gasteiger partial charge is 0.417 e. The van der Waals surface area contributed by atoms with E-state index in [0.717, 1.165) is 0 Å². The van der Waals surface area contributed by atoms with Gasteiger partial charge in [0, 0.05) is 31.3 Å². The molecule has 2 aromatic carbocycles. The second-order valence-corrected chi connectivity index (χ2v) is 11.3. The van der Waals surface area contributed by atoms with Gasteiger partial charge in [0.25, 0.3) is 5.91 Å². The minimum Gasteiger partial charge on any atom is -0.510 e. The van der Waals surface area contributed by atoms with Gasteiger partial charge in [-0.15, -0.1) is 0 Å². The summed E-state index contributed by atoms with van der Waals surface area (Å²) >= 11 is 0. The first-order chi connectivity index (χ1) is 20.2. The van der Waals surface area contributed by atoms with Gasteiger partial charge in [0.1, 0.15) is 22.8 Å². The van der Waals surface area contributed by atoms with Crippen LogP contribution < -0.4 is 20.7 Å². The van der Waals surface area contributed by atoms with Crippen molar-refractivity contribution in [3.05, 3.63) is 70.2 Å². The molecule has 0 heterocycles. The van der Waals surface area contributed by atoms with E-state index >= 15 is 0 Å². The van der Waals surface area contributed by atoms with Crippen LogP contribution in [0.2, 0.25) is 0 Å². The number of allylic oxidation sites excluding steroid dienone is 1. The predicted molar refractivity (Wildman–Crippen MR) is 154 cm³/mol. The molecule has 0 fully saturated rings. The van der Waals surface area contributed by atoms with Gasteiger partial charge in [0.15, 0.2) is 17.1 Å². The Bertz CT molecular complexity index is 1630. The number of fused-ring (bicyclic) bond motifs is 3. The lowest BCUT2D eigenvalue weighted by Crippen LogP contribution is -2.63. The molecule has 13 heteroatoms. The average molecular weight is 593 g/mol. The van der Waals surface area contributed by atoms with Gasteiger partial charge in [-0.3, -0.25) is 24.6 Å². The number of ether oxygens (including phenoxy) is 1. The minimum absolute atomic E-state index is 0.0389. The molecule has 7 N–H and O–H groups in total. The fraction of sp³-hybridized carbons (Fsp3) is 0.333. The maximum absolute atomic E-state index is 14.1. The summed E-state index contributed by atoms with van der Waals surface area (Å²) in [6.07, 6.45) is -0.870. The van der Waals surface area contributed by atoms with E-state index in [1.807, 2.05) is 0 Å². The van der Waals surface area contributed by atoms with E-state index in [9.17, 15) is 39.6 Å². The number of nitrogens with two attached hydrogens (primary N) is 1. The lowest BCUT2D eigenvalue weighted by atomic mass is 9.58. The Morgan fingerprint density at radius 2 is 1.72 bits per heavy atom. The molecular formula is C30H32N4O9. The molecule has 3 aliphatic carbocycles. The number of aliphatic hydroxyl groups is 3. The number of anilines is 2. The number of phenolic OH excluding ortho intramolecular Hbond substituents is 1. The maximum atomic E-state index is 14.1. The molecule has 0 saturated carbocycles. The molecule has 0 aromatic heterocycles. The van der Waals surface area contributed by atoms with Gasteiger partial charge in [-0.2, -0.15) is 0 Å². The Kier molecular flexibility index (Phi) is 7.19. The minimum atomic E-state index is -2.75. The van der Waals surface area contributed by atoms with Crippen LogP contribution in [0.15, 0.2) is 59.1 Å². The van der Waals surface area contributed by atoms with E-state index in [1.54, 1.807) is 63.4 Å². The number of para-hydroxylation sites is 1. The first-order valence-electron chi connectivity index (χ1n) is 13.4. The highest BCUT2D eigenvalue weighted by atomic mass is 16.6. The molecule has 2 aromatic rings. The molecular weight excluding hydrogens is 560 g/mol. The van der Waals surface area contributed by atoms with Gasteiger partial charge in [-0.1, -0.05) is 18.2 Å². The Balaban J connectivity index is 1.63. The van der Waals surface area contributed by atoms with E-state index in [0.29, 0.717) is 11.3 Å². The van der Waals surface area contributed by atoms with Gasteiger partial charge in [-0.05, 0) is 56.6 Å². The van der Waals surface area contributed by atoms with Crippen molar-refractivity contribution in [2.24, 2.45) is 17.6 Å². The number of rotatable bonds is 5. The highest BCUT2D eigenvalue weighted by Crippen LogP contribution is 2.53. The number of aromatic hydroxyl groups is 1. The number of nitrogens with zero attached hydrogens (tertiary/aromatic N) is 2. The Labute approximate surface area is 246 Å². The van der Waals surface area contributed by atoms with Crippen LogP contribution in [0.4, 0.5) is 16.2 Å². The Morgan fingerprint density at radius 3 is 2.30 bits per heavy atom. The van der Waals surface area contributed by atoms with Crippen LogP contribution in [0.5, 0.6) is 11.5 Å². The summed E-state index contributed by atoms with van der Waals surface area (Å²) in [5.74, 6) is -7.32. The molecule has 43 heavy (non-hydrogen) atoms. The molecule has 5 rings (SSSR count). The maximum Gasteiger partial charge on any atom is 0.417 e. The van der Waals surface area contributed by atoms with Gasteiger partial charge >= 0.3 is 6.09 Å². The van der Waals surface area contributed by atoms with Crippen LogP contribution in [0.25, 0.3) is 0 Å². The Morgan fingerprint density at radius 1 is 1.07 bits per heavy atom. The summed E-state index contributed by atoms with van der Waals surface area (Å²) in [4.78, 5) is 55.5. The van der Waals surface area contributed by atoms with Crippen molar-refractivity contribution >= 4 is 34.9 Å². The number of ketones is 2. The number of likely N-dealkylation sites (N-methyl/N-ethyl adjacent to an activating group) is 1. The van der Waals surface area contributed by atoms with Crippen molar-refractivity contribution in [2.45, 2.75) is 24.5 Å². The molecule has 4 atom stereocenters. The number of Topliss-reactive ketones (excluding diaryl/α,β-unsaturated/α-hetero) is 2. The standard InChI is InChI=1S/C30H32N4O9/c1-33(2)18-12-17(32-29(41)43-14-8-6-5-7-9-14)23(35)20-15(18)10-13-11-16-22(34(3)4)25(37)21(28(31)40)27(39)30(16,42)26(38)19(13)24(20)36/h5-9,12-13,16,22,35,37-38,42H,10-11H2,1-4H3,(H2,31,40)(H,32,41)/t13-,16-,22+,30-/m0/s1. The van der Waals surface area contributed by atoms with Crippen LogP contribution >= 0.6 is 0 Å². The van der Waals surface area contributed by atoms with Crippen LogP contribution in [0.3, 0.4) is 0 Å². The van der Waals surface area contributed by atoms with Crippen LogP contribution in [-0.4, -0.2) is 88.7 Å². The second kappa shape index (κ2) is 10.4. The third-order valence-electron chi connectivity index (χ3n) is 8.37. The number of primary amides is 1. The number of carbonyl (C=O) groups is 4. The fourth-order valence-electron chi connectivity index (χ4n) is 6.52. The number of phenols is 1. The quantitative estimate of drug-likeness (QED) is 0.218. The largest absolute Gasteiger partial charge is 0.510 e. The summed E-state index contributed by atoms with van der Waals surface area (Å²) in [7, 11) is 6.54. The summed E-state index contributed by atoms with van der Waals surface area (Å²) in [6.45, 7) is 0. The van der Waals surface area contributed by atoms with E-state index in [1.165, 1.54) is 11.0 Å². The topological polar surface area (TPSA) is 203 Å². The summed E-state index contributed by atoms with van der Waals surface area (Å²) in [5, 5.41) is 47.9. The molecule has 0 saturated heterocycles. The van der Waals surface area contributed by atoms with Crippen LogP contribution in [0, 0.1) is 11.8 Å². The molecule has 226 valence electrons. The van der Waals surface area contributed by atoms with Crippen molar-refractivity contribution in [1.82, 2.24) is 4.90 Å². The highest BCUT2D eigenvalue weighted by molar-refractivity contribution is 6.25. The third kappa shape index (κ3) is 4.48. The lowest BCUT2D eigenvalue weighted by Gasteiger charge is -2.50. The molecule has 0 aliphatic heterocycles. The van der Waals surface area contributed by atoms with Crippen molar-refractivity contribution in [3.63, 3.8) is 0 Å². The number of hydrogen-bond acceptors (Lipinski definition) is 11. The molecule has 0 spiro atoms. The van der Waals surface area contributed by atoms with Gasteiger partial charge in [0.2, 0.25) is 5.78 Å². The van der Waals surface area contributed by atoms with Crippen molar-refractivity contribution < 1.29 is 44.3 Å². The average Bonchev–Trinajstić information content (AvgIpc) is 2.92. The van der Waals surface area contributed by atoms with E-state index in [2.05, 4.69) is 5.32 Å². The number of benzene rings is 2. The fourth-order valence-corrected chi connectivity index (χ4v) is 6.52. The van der Waals surface area contributed by atoms with E-state index < -0.39 is 69.9 Å². The molecule has 0 bridgehead atoms. The first kappa shape index (κ1) is 29.6. The highest BCUT2D eigenvalue weighted by Gasteiger charge is 2.63. The van der Waals surface area contributed by atoms with E-state index in [4.69, 9.17) is 10.5 Å². The number of hydrogen-bond donors (Lipinski definition) is 6. The molecule has 2 amide bonds. The summed E-state index contributed by atoms with van der Waals surface area (Å²) < 4.78 is 5.25. The summed E-state index contributed by atoms with van der Waals surface area (Å²) in [5.41, 5.74) is 1.97. The van der Waals surface area contributed by atoms with Crippen molar-refractivity contribution in [1.29, 1.82) is 0 Å². The third-order valence-corrected chi connectivity index (χ3v) is 8.37. The van der Waals surface area contributed by atoms with Crippen LogP contribution in [0.1, 0.15) is 22.3 Å². The monoisotopic (exact) mass is 592 g/mol. The number of aliphatic hydroxyl groups excluding tert-OH is 2. The van der Waals surface area contributed by atoms with Gasteiger partial charge < -0.3 is 35.8 Å². The zero-order valence-electron chi connectivity index (χ0n) is 23.9. The van der Waals surface area contributed by atoms with Gasteiger partial charge in [0.05, 0.1) is 17.3 Å². The number of amides is 2. The molecule has 0 radical (unpaired) electrons. The number of carbonyl (C=O) groups excluding carboxylic acids is 4. The van der Waals surface area contributed by atoms with Crippen molar-refractivity contribution in [3.8, 4) is 11.5 Å². The second-order valence-electron chi connectivity index (χ2n) is 11.3. The van der Waals surface area contributed by atoms with Crippen molar-refractivity contribution in [2.75, 3.05) is 38.4 Å². The molecule has 0 unspecified atom stereocenters. The first-order valence-corrected chi connectivity index (χ1v) is 13.4. The SMILES string of the molecule is CN(C)c1cc(NC(=O)Oc2ccccc2)c(O)c2c1C[C@H]1C[C@H]3[C@@H](N(C)C)C(O)=C(C(N)=O)C(=O)[C@@]3(O)C(O)=C1C2=O. The van der Waals surface area contributed by atoms with E-state index in [-0.39, 0.29) is 35.4 Å². The normalized spacial score (nSPS) is 24.7. The van der Waals surface area contributed by atoms with Crippen LogP contribution in [-0.2, 0) is 16.0 Å². The predicted octanol–water partition coefficient (Wildman–Crippen LogP) is 1.80.